The lowest BCUT2D eigenvalue weighted by molar-refractivity contribution is 1.17. The maximum atomic E-state index is 4.57. The van der Waals surface area contributed by atoms with Gasteiger partial charge in [-0.2, -0.15) is 0 Å². The second-order valence-electron chi connectivity index (χ2n) is 15.4. The summed E-state index contributed by atoms with van der Waals surface area (Å²) in [6.07, 6.45) is 11.3. The Bertz CT molecular complexity index is 3210. The van der Waals surface area contributed by atoms with Crippen LogP contribution >= 0.6 is 0 Å². The first kappa shape index (κ1) is 35.9. The van der Waals surface area contributed by atoms with E-state index in [1.807, 2.05) is 49.3 Å². The van der Waals surface area contributed by atoms with E-state index in [0.717, 1.165) is 100.0 Å². The molecule has 11 aromatic rings. The molecular weight excluding hydrogens is 741 g/mol. The van der Waals surface area contributed by atoms with Gasteiger partial charge in [0.25, 0.3) is 0 Å². The highest BCUT2D eigenvalue weighted by Gasteiger charge is 2.16. The van der Waals surface area contributed by atoms with Gasteiger partial charge in [-0.1, -0.05) is 109 Å². The SMILES string of the molecule is c1ccc(-n2c3ccncc3c3cc(-c4cc(-c5cccc(-c6cccc(-c7cccnc7)c6)c5)cc(-c5cccc(-c6cccc(-c7cccnc7)c6)c5)c4)ccc32)cc1. The highest BCUT2D eigenvalue weighted by molar-refractivity contribution is 6.10. The van der Waals surface area contributed by atoms with Crippen LogP contribution in [0.2, 0.25) is 0 Å². The van der Waals surface area contributed by atoms with Crippen LogP contribution in [0.4, 0.5) is 0 Å². The first-order valence-electron chi connectivity index (χ1n) is 20.5. The monoisotopic (exact) mass is 778 g/mol. The van der Waals surface area contributed by atoms with E-state index in [4.69, 9.17) is 0 Å². The van der Waals surface area contributed by atoms with Crippen LogP contribution in [0.5, 0.6) is 0 Å². The van der Waals surface area contributed by atoms with Gasteiger partial charge >= 0.3 is 0 Å². The van der Waals surface area contributed by atoms with Crippen molar-refractivity contribution in [3.05, 3.63) is 231 Å². The Hall–Kier alpha value is -8.21. The quantitative estimate of drug-likeness (QED) is 0.154. The number of para-hydroxylation sites is 1. The Labute approximate surface area is 354 Å². The summed E-state index contributed by atoms with van der Waals surface area (Å²) in [5.41, 5.74) is 19.4. The molecule has 4 heteroatoms. The van der Waals surface area contributed by atoms with E-state index in [2.05, 4.69) is 202 Å². The fourth-order valence-electron chi connectivity index (χ4n) is 8.61. The predicted octanol–water partition coefficient (Wildman–Crippen LogP) is 14.6. The van der Waals surface area contributed by atoms with Crippen molar-refractivity contribution in [3.8, 4) is 83.6 Å². The molecule has 0 saturated carbocycles. The summed E-state index contributed by atoms with van der Waals surface area (Å²) in [6.45, 7) is 0. The van der Waals surface area contributed by atoms with Gasteiger partial charge in [0, 0.05) is 64.8 Å². The Morgan fingerprint density at radius 2 is 0.639 bits per heavy atom. The molecule has 0 aliphatic rings. The van der Waals surface area contributed by atoms with Crippen molar-refractivity contribution in [2.75, 3.05) is 0 Å². The van der Waals surface area contributed by atoms with E-state index in [1.165, 1.54) is 5.39 Å². The highest BCUT2D eigenvalue weighted by Crippen LogP contribution is 2.39. The zero-order chi connectivity index (χ0) is 40.5. The maximum Gasteiger partial charge on any atom is 0.0571 e. The van der Waals surface area contributed by atoms with Crippen LogP contribution in [0.25, 0.3) is 105 Å². The Balaban J connectivity index is 1.06. The number of nitrogens with zero attached hydrogens (tertiary/aromatic N) is 4. The number of fused-ring (bicyclic) bond motifs is 3. The lowest BCUT2D eigenvalue weighted by Crippen LogP contribution is -1.93. The van der Waals surface area contributed by atoms with E-state index in [0.29, 0.717) is 0 Å². The minimum atomic E-state index is 1.10. The summed E-state index contributed by atoms with van der Waals surface area (Å²) in [5.74, 6) is 0. The van der Waals surface area contributed by atoms with E-state index >= 15 is 0 Å². The third kappa shape index (κ3) is 6.96. The molecule has 61 heavy (non-hydrogen) atoms. The number of hydrogen-bond acceptors (Lipinski definition) is 3. The van der Waals surface area contributed by atoms with E-state index in [1.54, 1.807) is 0 Å². The lowest BCUT2D eigenvalue weighted by atomic mass is 9.90. The van der Waals surface area contributed by atoms with Crippen molar-refractivity contribution in [2.45, 2.75) is 0 Å². The molecule has 0 amide bonds. The molecule has 0 unspecified atom stereocenters. The summed E-state index contributed by atoms with van der Waals surface area (Å²) in [7, 11) is 0. The van der Waals surface area contributed by atoms with Gasteiger partial charge in [0.2, 0.25) is 0 Å². The van der Waals surface area contributed by atoms with Crippen LogP contribution in [0.1, 0.15) is 0 Å². The molecule has 0 spiro atoms. The Kier molecular flexibility index (Phi) is 9.14. The normalized spacial score (nSPS) is 11.3. The molecule has 4 aromatic heterocycles. The topological polar surface area (TPSA) is 43.6 Å². The minimum absolute atomic E-state index is 1.10. The third-order valence-electron chi connectivity index (χ3n) is 11.6. The Morgan fingerprint density at radius 3 is 1.11 bits per heavy atom. The zero-order valence-electron chi connectivity index (χ0n) is 33.2. The summed E-state index contributed by atoms with van der Waals surface area (Å²) in [6, 6.07) is 70.0. The molecule has 0 atom stereocenters. The molecule has 7 aromatic carbocycles. The first-order valence-corrected chi connectivity index (χ1v) is 20.5. The summed E-state index contributed by atoms with van der Waals surface area (Å²) in [5, 5.41) is 2.30. The van der Waals surface area contributed by atoms with E-state index in [-0.39, 0.29) is 0 Å². The molecular formula is C57H38N4. The molecule has 0 radical (unpaired) electrons. The van der Waals surface area contributed by atoms with Crippen molar-refractivity contribution in [3.63, 3.8) is 0 Å². The van der Waals surface area contributed by atoms with E-state index < -0.39 is 0 Å². The van der Waals surface area contributed by atoms with Gasteiger partial charge in [0.05, 0.1) is 11.0 Å². The summed E-state index contributed by atoms with van der Waals surface area (Å²) < 4.78 is 2.33. The number of aromatic nitrogens is 4. The molecule has 0 bridgehead atoms. The average molecular weight is 779 g/mol. The van der Waals surface area contributed by atoms with Crippen molar-refractivity contribution >= 4 is 21.8 Å². The van der Waals surface area contributed by atoms with Crippen LogP contribution in [0.15, 0.2) is 231 Å². The molecule has 0 N–H and O–H groups in total. The number of pyridine rings is 3. The highest BCUT2D eigenvalue weighted by atomic mass is 15.0. The molecule has 4 heterocycles. The number of benzene rings is 7. The van der Waals surface area contributed by atoms with Gasteiger partial charge in [-0.25, -0.2) is 0 Å². The first-order chi connectivity index (χ1) is 30.2. The van der Waals surface area contributed by atoms with Gasteiger partial charge in [-0.05, 0) is 152 Å². The fourth-order valence-corrected chi connectivity index (χ4v) is 8.61. The molecule has 4 nitrogen and oxygen atoms in total. The van der Waals surface area contributed by atoms with Gasteiger partial charge in [0.15, 0.2) is 0 Å². The molecule has 0 saturated heterocycles. The molecule has 0 fully saturated rings. The molecule has 0 aliphatic carbocycles. The molecule has 11 rings (SSSR count). The van der Waals surface area contributed by atoms with Gasteiger partial charge in [-0.15, -0.1) is 0 Å². The largest absolute Gasteiger partial charge is 0.309 e. The van der Waals surface area contributed by atoms with Crippen molar-refractivity contribution in [1.82, 2.24) is 19.5 Å². The fraction of sp³-hybridized carbons (Fsp3) is 0. The van der Waals surface area contributed by atoms with Crippen molar-refractivity contribution < 1.29 is 0 Å². The van der Waals surface area contributed by atoms with Gasteiger partial charge in [0.1, 0.15) is 0 Å². The lowest BCUT2D eigenvalue weighted by Gasteiger charge is -2.14. The van der Waals surface area contributed by atoms with Crippen LogP contribution in [-0.2, 0) is 0 Å². The minimum Gasteiger partial charge on any atom is -0.309 e. The maximum absolute atomic E-state index is 4.57. The summed E-state index contributed by atoms with van der Waals surface area (Å²) >= 11 is 0. The molecule has 0 aliphatic heterocycles. The van der Waals surface area contributed by atoms with Crippen LogP contribution in [0.3, 0.4) is 0 Å². The second kappa shape index (κ2) is 15.5. The zero-order valence-corrected chi connectivity index (χ0v) is 33.2. The second-order valence-corrected chi connectivity index (χ2v) is 15.4. The third-order valence-corrected chi connectivity index (χ3v) is 11.6. The number of hydrogen-bond donors (Lipinski definition) is 0. The van der Waals surface area contributed by atoms with Crippen LogP contribution in [0, 0.1) is 0 Å². The van der Waals surface area contributed by atoms with E-state index in [9.17, 15) is 0 Å². The van der Waals surface area contributed by atoms with Gasteiger partial charge in [-0.3, -0.25) is 15.0 Å². The number of rotatable bonds is 8. The predicted molar refractivity (Wildman–Crippen MR) is 252 cm³/mol. The standard InChI is InChI=1S/C57H38N4/c1-2-20-53(21-3-1)61-56-23-22-47(35-54(56)55-38-60-27-24-57(55)61)52-33-50(45-16-6-12-41(30-45)39-10-4-14-43(28-39)48-18-8-25-58-36-48)32-51(34-52)46-17-7-13-42(31-46)40-11-5-15-44(29-40)49-19-9-26-59-37-49/h1-38H. The summed E-state index contributed by atoms with van der Waals surface area (Å²) in [4.78, 5) is 13.3. The van der Waals surface area contributed by atoms with Crippen LogP contribution in [-0.4, -0.2) is 19.5 Å². The Morgan fingerprint density at radius 1 is 0.246 bits per heavy atom. The van der Waals surface area contributed by atoms with Crippen molar-refractivity contribution in [1.29, 1.82) is 0 Å². The van der Waals surface area contributed by atoms with Gasteiger partial charge < -0.3 is 4.57 Å². The average Bonchev–Trinajstić information content (AvgIpc) is 3.68. The molecule has 286 valence electrons. The van der Waals surface area contributed by atoms with Crippen LogP contribution < -0.4 is 0 Å². The smallest absolute Gasteiger partial charge is 0.0571 e. The van der Waals surface area contributed by atoms with Crippen molar-refractivity contribution in [2.24, 2.45) is 0 Å².